The third-order valence-electron chi connectivity index (χ3n) is 3.76. The van der Waals surface area contributed by atoms with Gasteiger partial charge in [0.1, 0.15) is 11.6 Å². The summed E-state index contributed by atoms with van der Waals surface area (Å²) in [5, 5.41) is 16.8. The van der Waals surface area contributed by atoms with E-state index in [9.17, 15) is 4.79 Å². The molecule has 8 heteroatoms. The zero-order valence-corrected chi connectivity index (χ0v) is 15.2. The van der Waals surface area contributed by atoms with Crippen molar-refractivity contribution in [3.8, 4) is 5.82 Å². The highest BCUT2D eigenvalue weighted by atomic mass is 35.5. The van der Waals surface area contributed by atoms with E-state index in [1.54, 1.807) is 23.3 Å². The molecule has 0 amide bonds. The number of aliphatic carboxylic acids is 1. The van der Waals surface area contributed by atoms with E-state index in [0.29, 0.717) is 28.9 Å². The summed E-state index contributed by atoms with van der Waals surface area (Å²) in [5.74, 6) is 1.10. The van der Waals surface area contributed by atoms with Crippen molar-refractivity contribution >= 4 is 29.2 Å². The van der Waals surface area contributed by atoms with Gasteiger partial charge in [0.25, 0.3) is 0 Å². The highest BCUT2D eigenvalue weighted by molar-refractivity contribution is 6.31. The fourth-order valence-electron chi connectivity index (χ4n) is 2.43. The van der Waals surface area contributed by atoms with E-state index in [0.717, 1.165) is 16.7 Å². The van der Waals surface area contributed by atoms with Crippen LogP contribution in [0.15, 0.2) is 36.8 Å². The lowest BCUT2D eigenvalue weighted by atomic mass is 10.2. The summed E-state index contributed by atoms with van der Waals surface area (Å²) in [7, 11) is 0. The lowest BCUT2D eigenvalue weighted by Crippen LogP contribution is -2.03. The molecule has 3 rings (SSSR count). The summed E-state index contributed by atoms with van der Waals surface area (Å²) in [6.07, 6.45) is 5.54. The van der Waals surface area contributed by atoms with Crippen LogP contribution in [0.1, 0.15) is 23.1 Å². The third-order valence-corrected chi connectivity index (χ3v) is 4.15. The maximum atomic E-state index is 10.7. The van der Waals surface area contributed by atoms with E-state index >= 15 is 0 Å². The number of carbonyl (C=O) groups is 1. The minimum atomic E-state index is -0.830. The number of nitrogens with one attached hydrogen (secondary N) is 1. The molecule has 134 valence electrons. The molecule has 0 saturated carbocycles. The standard InChI is InChI=1S/C18H18ClN5O2/c1-11-5-16(22-15-7-12(2)14(19)9-20-15)23-17(6-11)24-10-13(8-21-24)3-4-18(25)26/h5-10H,3-4H2,1-2H3,(H,25,26)(H,20,22,23). The molecule has 3 aromatic heterocycles. The van der Waals surface area contributed by atoms with Crippen LogP contribution in [0.25, 0.3) is 5.82 Å². The van der Waals surface area contributed by atoms with Crippen molar-refractivity contribution in [3.05, 3.63) is 58.5 Å². The van der Waals surface area contributed by atoms with Gasteiger partial charge in [-0.3, -0.25) is 4.79 Å². The van der Waals surface area contributed by atoms with Gasteiger partial charge in [-0.05, 0) is 55.2 Å². The number of halogens is 1. The Morgan fingerprint density at radius 2 is 2.04 bits per heavy atom. The molecule has 0 atom stereocenters. The molecule has 0 aliphatic carbocycles. The number of rotatable bonds is 6. The summed E-state index contributed by atoms with van der Waals surface area (Å²) >= 11 is 6.01. The number of pyridine rings is 2. The summed E-state index contributed by atoms with van der Waals surface area (Å²) in [6.45, 7) is 3.87. The topological polar surface area (TPSA) is 92.9 Å². The van der Waals surface area contributed by atoms with Gasteiger partial charge < -0.3 is 10.4 Å². The Kier molecular flexibility index (Phi) is 5.18. The van der Waals surface area contributed by atoms with Crippen LogP contribution in [-0.2, 0) is 11.2 Å². The molecule has 7 nitrogen and oxygen atoms in total. The SMILES string of the molecule is Cc1cc(Nc2cc(C)c(Cl)cn2)nc(-n2cc(CCC(=O)O)cn2)c1. The smallest absolute Gasteiger partial charge is 0.303 e. The van der Waals surface area contributed by atoms with Crippen molar-refractivity contribution in [3.63, 3.8) is 0 Å². The van der Waals surface area contributed by atoms with Gasteiger partial charge in [-0.15, -0.1) is 0 Å². The molecule has 0 unspecified atom stereocenters. The number of aromatic nitrogens is 4. The van der Waals surface area contributed by atoms with Crippen molar-refractivity contribution < 1.29 is 9.90 Å². The maximum Gasteiger partial charge on any atom is 0.303 e. The second-order valence-corrected chi connectivity index (χ2v) is 6.43. The molecule has 3 aromatic rings. The Labute approximate surface area is 155 Å². The predicted molar refractivity (Wildman–Crippen MR) is 99.3 cm³/mol. The van der Waals surface area contributed by atoms with Crippen molar-refractivity contribution in [2.45, 2.75) is 26.7 Å². The Hall–Kier alpha value is -2.93. The molecule has 3 heterocycles. The quantitative estimate of drug-likeness (QED) is 0.686. The minimum absolute atomic E-state index is 0.0708. The van der Waals surface area contributed by atoms with Crippen LogP contribution in [0.2, 0.25) is 5.02 Å². The number of hydrogen-bond acceptors (Lipinski definition) is 5. The highest BCUT2D eigenvalue weighted by Gasteiger charge is 2.08. The van der Waals surface area contributed by atoms with Crippen LogP contribution in [0.5, 0.6) is 0 Å². The van der Waals surface area contributed by atoms with Crippen LogP contribution in [0.4, 0.5) is 11.6 Å². The second-order valence-electron chi connectivity index (χ2n) is 6.02. The van der Waals surface area contributed by atoms with E-state index in [1.165, 1.54) is 0 Å². The Morgan fingerprint density at radius 3 is 2.77 bits per heavy atom. The van der Waals surface area contributed by atoms with Gasteiger partial charge in [0.2, 0.25) is 0 Å². The highest BCUT2D eigenvalue weighted by Crippen LogP contribution is 2.21. The summed E-state index contributed by atoms with van der Waals surface area (Å²) in [5.41, 5.74) is 2.78. The van der Waals surface area contributed by atoms with Gasteiger partial charge in [0, 0.05) is 18.8 Å². The summed E-state index contributed by atoms with van der Waals surface area (Å²) < 4.78 is 1.63. The molecule has 2 N–H and O–H groups in total. The monoisotopic (exact) mass is 371 g/mol. The number of carboxylic acid groups (broad SMARTS) is 1. The van der Waals surface area contributed by atoms with E-state index in [4.69, 9.17) is 16.7 Å². The van der Waals surface area contributed by atoms with Crippen LogP contribution < -0.4 is 5.32 Å². The number of carboxylic acids is 1. The Bertz CT molecular complexity index is 955. The van der Waals surface area contributed by atoms with E-state index in [-0.39, 0.29) is 6.42 Å². The fourth-order valence-corrected chi connectivity index (χ4v) is 2.54. The van der Waals surface area contributed by atoms with Gasteiger partial charge in [-0.1, -0.05) is 11.6 Å². The molecule has 0 spiro atoms. The minimum Gasteiger partial charge on any atom is -0.481 e. The first-order valence-corrected chi connectivity index (χ1v) is 8.42. The summed E-state index contributed by atoms with van der Waals surface area (Å²) in [4.78, 5) is 19.5. The zero-order chi connectivity index (χ0) is 18.7. The molecule has 0 radical (unpaired) electrons. The molecule has 0 aliphatic rings. The van der Waals surface area contributed by atoms with E-state index in [1.807, 2.05) is 32.0 Å². The lowest BCUT2D eigenvalue weighted by molar-refractivity contribution is -0.136. The molecule has 0 aromatic carbocycles. The van der Waals surface area contributed by atoms with E-state index < -0.39 is 5.97 Å². The van der Waals surface area contributed by atoms with Crippen molar-refractivity contribution in [2.75, 3.05) is 5.32 Å². The normalized spacial score (nSPS) is 10.7. The molecule has 0 fully saturated rings. The van der Waals surface area contributed by atoms with Crippen molar-refractivity contribution in [1.82, 2.24) is 19.7 Å². The van der Waals surface area contributed by atoms with Gasteiger partial charge in [-0.25, -0.2) is 14.6 Å². The lowest BCUT2D eigenvalue weighted by Gasteiger charge is -2.09. The summed E-state index contributed by atoms with van der Waals surface area (Å²) in [6, 6.07) is 5.66. The average Bonchev–Trinajstić information content (AvgIpc) is 3.05. The molecule has 0 saturated heterocycles. The first kappa shape index (κ1) is 17.9. The Morgan fingerprint density at radius 1 is 1.23 bits per heavy atom. The van der Waals surface area contributed by atoms with Gasteiger partial charge in [-0.2, -0.15) is 5.10 Å². The molecule has 0 bridgehead atoms. The first-order chi connectivity index (χ1) is 12.4. The number of anilines is 2. The second kappa shape index (κ2) is 7.53. The van der Waals surface area contributed by atoms with E-state index in [2.05, 4.69) is 20.4 Å². The van der Waals surface area contributed by atoms with Crippen LogP contribution in [0.3, 0.4) is 0 Å². The first-order valence-electron chi connectivity index (χ1n) is 8.04. The molecular formula is C18H18ClN5O2. The fraction of sp³-hybridized carbons (Fsp3) is 0.222. The molecular weight excluding hydrogens is 354 g/mol. The molecule has 0 aliphatic heterocycles. The van der Waals surface area contributed by atoms with Gasteiger partial charge in [0.05, 0.1) is 11.2 Å². The van der Waals surface area contributed by atoms with Crippen LogP contribution in [-0.4, -0.2) is 30.8 Å². The van der Waals surface area contributed by atoms with Crippen LogP contribution >= 0.6 is 11.6 Å². The van der Waals surface area contributed by atoms with Crippen molar-refractivity contribution in [2.24, 2.45) is 0 Å². The van der Waals surface area contributed by atoms with Crippen molar-refractivity contribution in [1.29, 1.82) is 0 Å². The van der Waals surface area contributed by atoms with Gasteiger partial charge >= 0.3 is 5.97 Å². The number of aryl methyl sites for hydroxylation is 3. The predicted octanol–water partition coefficient (Wildman–Crippen LogP) is 3.69. The Balaban J connectivity index is 1.83. The van der Waals surface area contributed by atoms with Gasteiger partial charge in [0.15, 0.2) is 5.82 Å². The number of hydrogen-bond donors (Lipinski definition) is 2. The third kappa shape index (κ3) is 4.37. The maximum absolute atomic E-state index is 10.7. The zero-order valence-electron chi connectivity index (χ0n) is 14.4. The molecule has 26 heavy (non-hydrogen) atoms. The average molecular weight is 372 g/mol. The largest absolute Gasteiger partial charge is 0.481 e. The number of nitrogens with zero attached hydrogens (tertiary/aromatic N) is 4. The van der Waals surface area contributed by atoms with Crippen LogP contribution in [0, 0.1) is 13.8 Å².